The van der Waals surface area contributed by atoms with E-state index in [-0.39, 0.29) is 20.8 Å². The minimum atomic E-state index is -0.469. The molecule has 1 aliphatic carbocycles. The Morgan fingerprint density at radius 1 is 1.25 bits per heavy atom. The standard InChI is InChI=1S/C18H20N2O3Se/c1-18(2)17-16(24-20-19-17)12-9-14(21-3)15(10-13(12)23-18)22-11-7-5-4-6-8-11/h4-5,9-11H,6-8H2,1-3H3. The van der Waals surface area contributed by atoms with Crippen LogP contribution in [0.25, 0.3) is 10.0 Å². The maximum absolute atomic E-state index is 6.21. The van der Waals surface area contributed by atoms with Crippen molar-refractivity contribution < 1.29 is 14.2 Å². The minimum absolute atomic E-state index is 0.00726. The number of fused-ring (bicyclic) bond motifs is 3. The van der Waals surface area contributed by atoms with E-state index in [9.17, 15) is 0 Å². The molecule has 2 aromatic rings. The first-order chi connectivity index (χ1) is 11.6. The molecule has 0 radical (unpaired) electrons. The molecular weight excluding hydrogens is 371 g/mol. The molecule has 5 nitrogen and oxygen atoms in total. The summed E-state index contributed by atoms with van der Waals surface area (Å²) in [6.45, 7) is 4.06. The van der Waals surface area contributed by atoms with Gasteiger partial charge in [0, 0.05) is 0 Å². The van der Waals surface area contributed by atoms with Crippen molar-refractivity contribution in [1.29, 1.82) is 0 Å². The molecule has 0 saturated heterocycles. The van der Waals surface area contributed by atoms with E-state index in [1.165, 1.54) is 4.44 Å². The van der Waals surface area contributed by atoms with Gasteiger partial charge < -0.3 is 0 Å². The van der Waals surface area contributed by atoms with Crippen LogP contribution in [0.2, 0.25) is 0 Å². The van der Waals surface area contributed by atoms with Crippen LogP contribution < -0.4 is 14.2 Å². The first-order valence-electron chi connectivity index (χ1n) is 8.14. The van der Waals surface area contributed by atoms with Gasteiger partial charge in [0.2, 0.25) is 0 Å². The number of hydrogen-bond acceptors (Lipinski definition) is 5. The van der Waals surface area contributed by atoms with Gasteiger partial charge in [-0.25, -0.2) is 0 Å². The van der Waals surface area contributed by atoms with E-state index < -0.39 is 5.60 Å². The summed E-state index contributed by atoms with van der Waals surface area (Å²) >= 11 is -0.00726. The fourth-order valence-corrected chi connectivity index (χ4v) is 4.94. The average molecular weight is 391 g/mol. The van der Waals surface area contributed by atoms with E-state index in [1.54, 1.807) is 7.11 Å². The number of allylic oxidation sites excluding steroid dienone is 1. The van der Waals surface area contributed by atoms with Crippen LogP contribution in [0.1, 0.15) is 38.8 Å². The molecule has 2 heterocycles. The number of ether oxygens (including phenoxy) is 3. The van der Waals surface area contributed by atoms with Crippen LogP contribution in [-0.4, -0.2) is 37.1 Å². The van der Waals surface area contributed by atoms with Gasteiger partial charge in [0.15, 0.2) is 0 Å². The van der Waals surface area contributed by atoms with Crippen LogP contribution in [0.15, 0.2) is 24.3 Å². The van der Waals surface area contributed by atoms with Crippen molar-refractivity contribution >= 4 is 14.7 Å². The van der Waals surface area contributed by atoms with Gasteiger partial charge in [-0.2, -0.15) is 0 Å². The zero-order chi connectivity index (χ0) is 16.7. The number of nitrogens with zero attached hydrogens (tertiary/aromatic N) is 2. The molecule has 126 valence electrons. The Morgan fingerprint density at radius 2 is 2.12 bits per heavy atom. The summed E-state index contributed by atoms with van der Waals surface area (Å²) < 4.78 is 23.4. The molecule has 0 N–H and O–H groups in total. The Bertz CT molecular complexity index is 798. The van der Waals surface area contributed by atoms with Crippen molar-refractivity contribution in [3.8, 4) is 27.2 Å². The van der Waals surface area contributed by atoms with Crippen molar-refractivity contribution in [2.45, 2.75) is 44.8 Å². The first kappa shape index (κ1) is 15.7. The molecule has 24 heavy (non-hydrogen) atoms. The Kier molecular flexibility index (Phi) is 3.89. The molecule has 6 heteroatoms. The summed E-state index contributed by atoms with van der Waals surface area (Å²) in [6.07, 6.45) is 7.60. The van der Waals surface area contributed by atoms with Crippen LogP contribution in [0.5, 0.6) is 17.2 Å². The summed E-state index contributed by atoms with van der Waals surface area (Å²) in [5, 5.41) is 4.31. The third-order valence-electron chi connectivity index (χ3n) is 4.45. The van der Waals surface area contributed by atoms with Crippen molar-refractivity contribution in [1.82, 2.24) is 9.19 Å². The van der Waals surface area contributed by atoms with E-state index >= 15 is 0 Å². The van der Waals surface area contributed by atoms with E-state index in [2.05, 4.69) is 21.3 Å². The van der Waals surface area contributed by atoms with Gasteiger partial charge in [-0.15, -0.1) is 0 Å². The molecule has 0 spiro atoms. The summed E-state index contributed by atoms with van der Waals surface area (Å²) in [6, 6.07) is 3.97. The van der Waals surface area contributed by atoms with E-state index in [0.29, 0.717) is 0 Å². The molecule has 0 saturated carbocycles. The predicted molar refractivity (Wildman–Crippen MR) is 92.0 cm³/mol. The number of aromatic nitrogens is 2. The normalized spacial score (nSPS) is 20.7. The van der Waals surface area contributed by atoms with E-state index in [0.717, 1.165) is 47.8 Å². The SMILES string of the molecule is COc1cc2c(cc1OC1CC=CCC1)OC(C)(C)c1nn[se]c1-2. The van der Waals surface area contributed by atoms with Crippen molar-refractivity contribution in [2.24, 2.45) is 0 Å². The fraction of sp³-hybridized carbons (Fsp3) is 0.444. The molecule has 2 aliphatic rings. The van der Waals surface area contributed by atoms with Gasteiger partial charge in [0.25, 0.3) is 0 Å². The number of methoxy groups -OCH3 is 1. The molecule has 1 atom stereocenters. The second kappa shape index (κ2) is 5.94. The maximum atomic E-state index is 6.21. The zero-order valence-electron chi connectivity index (χ0n) is 14.0. The Balaban J connectivity index is 1.75. The molecular formula is C18H20N2O3Se. The Labute approximate surface area is 147 Å². The summed E-state index contributed by atoms with van der Waals surface area (Å²) in [7, 11) is 1.67. The van der Waals surface area contributed by atoms with Crippen LogP contribution in [0.3, 0.4) is 0 Å². The van der Waals surface area contributed by atoms with Gasteiger partial charge in [0.1, 0.15) is 0 Å². The average Bonchev–Trinajstić information content (AvgIpc) is 3.06. The van der Waals surface area contributed by atoms with Gasteiger partial charge >= 0.3 is 147 Å². The predicted octanol–water partition coefficient (Wildman–Crippen LogP) is 3.32. The molecule has 0 bridgehead atoms. The van der Waals surface area contributed by atoms with Gasteiger partial charge in [0.05, 0.1) is 0 Å². The van der Waals surface area contributed by atoms with Crippen molar-refractivity contribution in [3.63, 3.8) is 0 Å². The second-order valence-electron chi connectivity index (χ2n) is 6.59. The van der Waals surface area contributed by atoms with Crippen LogP contribution >= 0.6 is 0 Å². The molecule has 1 aliphatic heterocycles. The fourth-order valence-electron chi connectivity index (χ4n) is 3.19. The quantitative estimate of drug-likeness (QED) is 0.594. The molecule has 4 rings (SSSR count). The van der Waals surface area contributed by atoms with Gasteiger partial charge in [-0.05, 0) is 0 Å². The zero-order valence-corrected chi connectivity index (χ0v) is 15.7. The first-order valence-corrected chi connectivity index (χ1v) is 9.76. The number of rotatable bonds is 3. The summed E-state index contributed by atoms with van der Waals surface area (Å²) in [5.41, 5.74) is 1.49. The molecule has 0 amide bonds. The summed E-state index contributed by atoms with van der Waals surface area (Å²) in [5.74, 6) is 2.31. The van der Waals surface area contributed by atoms with Gasteiger partial charge in [-0.3, -0.25) is 0 Å². The molecule has 0 fully saturated rings. The summed E-state index contributed by atoms with van der Waals surface area (Å²) in [4.78, 5) is 0. The van der Waals surface area contributed by atoms with E-state index in [4.69, 9.17) is 14.2 Å². The van der Waals surface area contributed by atoms with Gasteiger partial charge in [-0.1, -0.05) is 0 Å². The number of benzene rings is 1. The van der Waals surface area contributed by atoms with E-state index in [1.807, 2.05) is 26.0 Å². The van der Waals surface area contributed by atoms with Crippen molar-refractivity contribution in [3.05, 3.63) is 30.0 Å². The Morgan fingerprint density at radius 3 is 2.88 bits per heavy atom. The monoisotopic (exact) mass is 392 g/mol. The molecule has 1 aromatic carbocycles. The molecule has 1 unspecified atom stereocenters. The Hall–Kier alpha value is -1.78. The van der Waals surface area contributed by atoms with Crippen LogP contribution in [0, 0.1) is 0 Å². The third-order valence-corrected chi connectivity index (χ3v) is 6.04. The number of hydrogen-bond donors (Lipinski definition) is 0. The van der Waals surface area contributed by atoms with Crippen LogP contribution in [0.4, 0.5) is 0 Å². The third kappa shape index (κ3) is 2.64. The molecule has 1 aromatic heterocycles. The second-order valence-corrected chi connectivity index (χ2v) is 8.17. The van der Waals surface area contributed by atoms with Crippen LogP contribution in [-0.2, 0) is 5.60 Å². The van der Waals surface area contributed by atoms with Crippen molar-refractivity contribution in [2.75, 3.05) is 7.11 Å². The topological polar surface area (TPSA) is 53.5 Å².